The summed E-state index contributed by atoms with van der Waals surface area (Å²) >= 11 is 3.59. The van der Waals surface area contributed by atoms with Crippen molar-refractivity contribution in [3.05, 3.63) is 35.1 Å². The Bertz CT molecular complexity index is 450. The molecular weight excluding hydrogens is 303 g/mol. The number of hydrogen-bond donors (Lipinski definition) is 1. The van der Waals surface area contributed by atoms with Gasteiger partial charge in [0.05, 0.1) is 0 Å². The molecule has 0 aliphatic carbocycles. The Balaban J connectivity index is 2.27. The van der Waals surface area contributed by atoms with Crippen LogP contribution in [0.3, 0.4) is 0 Å². The number of rotatable bonds is 5. The first-order valence-electron chi connectivity index (χ1n) is 6.71. The molecule has 20 heavy (non-hydrogen) atoms. The quantitative estimate of drug-likeness (QED) is 0.824. The maximum Gasteiger partial charge on any atom is 0.194 e. The molecule has 1 aliphatic heterocycles. The van der Waals surface area contributed by atoms with E-state index >= 15 is 0 Å². The van der Waals surface area contributed by atoms with Crippen LogP contribution in [-0.2, 0) is 0 Å². The van der Waals surface area contributed by atoms with Gasteiger partial charge < -0.3 is 5.32 Å². The maximum absolute atomic E-state index is 14.0. The van der Waals surface area contributed by atoms with Gasteiger partial charge in [-0.15, -0.1) is 0 Å². The van der Waals surface area contributed by atoms with E-state index in [2.05, 4.69) is 5.32 Å². The van der Waals surface area contributed by atoms with Crippen molar-refractivity contribution >= 4 is 23.5 Å². The Kier molecular flexibility index (Phi) is 6.11. The Labute approximate surface area is 126 Å². The van der Waals surface area contributed by atoms with Gasteiger partial charge in [-0.2, -0.15) is 23.5 Å². The third-order valence-corrected chi connectivity index (χ3v) is 6.09. The van der Waals surface area contributed by atoms with Crippen LogP contribution in [0.1, 0.15) is 24.9 Å². The second-order valence-electron chi connectivity index (χ2n) is 4.68. The van der Waals surface area contributed by atoms with Crippen molar-refractivity contribution < 1.29 is 13.2 Å². The minimum Gasteiger partial charge on any atom is -0.309 e. The molecule has 0 amide bonds. The Morgan fingerprint density at radius 1 is 1.25 bits per heavy atom. The van der Waals surface area contributed by atoms with E-state index in [1.807, 2.05) is 18.7 Å². The summed E-state index contributed by atoms with van der Waals surface area (Å²) in [5, 5.41) is 3.46. The van der Waals surface area contributed by atoms with Crippen LogP contribution in [0.2, 0.25) is 0 Å². The first-order valence-corrected chi connectivity index (χ1v) is 8.91. The van der Waals surface area contributed by atoms with Crippen LogP contribution in [0.25, 0.3) is 0 Å². The van der Waals surface area contributed by atoms with Crippen LogP contribution < -0.4 is 5.32 Å². The highest BCUT2D eigenvalue weighted by Crippen LogP contribution is 2.35. The van der Waals surface area contributed by atoms with Gasteiger partial charge in [0, 0.05) is 34.1 Å². The molecule has 1 saturated heterocycles. The molecule has 2 rings (SSSR count). The van der Waals surface area contributed by atoms with Gasteiger partial charge in [0.25, 0.3) is 0 Å². The molecule has 1 aromatic rings. The molecule has 1 aromatic carbocycles. The van der Waals surface area contributed by atoms with Gasteiger partial charge in [0.2, 0.25) is 0 Å². The second kappa shape index (κ2) is 7.61. The molecule has 1 heterocycles. The summed E-state index contributed by atoms with van der Waals surface area (Å²) in [6.07, 6.45) is 0.909. The highest BCUT2D eigenvalue weighted by molar-refractivity contribution is 8.06. The van der Waals surface area contributed by atoms with Gasteiger partial charge in [0.15, 0.2) is 17.5 Å². The molecule has 0 radical (unpaired) electrons. The van der Waals surface area contributed by atoms with Crippen LogP contribution in [0.5, 0.6) is 0 Å². The van der Waals surface area contributed by atoms with Crippen LogP contribution in [0.15, 0.2) is 12.1 Å². The largest absolute Gasteiger partial charge is 0.309 e. The van der Waals surface area contributed by atoms with E-state index in [9.17, 15) is 13.2 Å². The fraction of sp³-hybridized carbons (Fsp3) is 0.571. The number of benzene rings is 1. The molecule has 0 spiro atoms. The van der Waals surface area contributed by atoms with E-state index in [1.54, 1.807) is 11.8 Å². The second-order valence-corrected chi connectivity index (χ2v) is 7.18. The van der Waals surface area contributed by atoms with E-state index in [4.69, 9.17) is 0 Å². The van der Waals surface area contributed by atoms with Gasteiger partial charge in [-0.05, 0) is 19.0 Å². The van der Waals surface area contributed by atoms with Crippen LogP contribution >= 0.6 is 23.5 Å². The fourth-order valence-corrected chi connectivity index (χ4v) is 5.08. The molecule has 0 bridgehead atoms. The minimum absolute atomic E-state index is 0.180. The third-order valence-electron chi connectivity index (χ3n) is 3.23. The van der Waals surface area contributed by atoms with E-state index in [1.165, 1.54) is 6.07 Å². The first-order chi connectivity index (χ1) is 9.65. The summed E-state index contributed by atoms with van der Waals surface area (Å²) in [6.45, 7) is 2.75. The molecule has 1 nitrogen and oxygen atoms in total. The molecule has 2 unspecified atom stereocenters. The molecule has 112 valence electrons. The van der Waals surface area contributed by atoms with E-state index in [0.29, 0.717) is 0 Å². The smallest absolute Gasteiger partial charge is 0.194 e. The molecule has 0 saturated carbocycles. The van der Waals surface area contributed by atoms with Crippen molar-refractivity contribution in [2.45, 2.75) is 24.6 Å². The Morgan fingerprint density at radius 3 is 2.70 bits per heavy atom. The summed E-state index contributed by atoms with van der Waals surface area (Å²) in [5.41, 5.74) is 0.234. The van der Waals surface area contributed by atoms with Crippen molar-refractivity contribution in [2.75, 3.05) is 23.8 Å². The number of hydrogen-bond acceptors (Lipinski definition) is 3. The minimum atomic E-state index is -1.38. The van der Waals surface area contributed by atoms with Gasteiger partial charge in [-0.1, -0.05) is 13.0 Å². The first kappa shape index (κ1) is 16.0. The highest BCUT2D eigenvalue weighted by Gasteiger charge is 2.29. The molecule has 2 atom stereocenters. The van der Waals surface area contributed by atoms with Crippen molar-refractivity contribution in [3.63, 3.8) is 0 Å². The van der Waals surface area contributed by atoms with Gasteiger partial charge in [0.1, 0.15) is 0 Å². The van der Waals surface area contributed by atoms with Gasteiger partial charge >= 0.3 is 0 Å². The van der Waals surface area contributed by atoms with E-state index in [-0.39, 0.29) is 16.9 Å². The number of thioether (sulfide) groups is 2. The molecular formula is C14H18F3NS2. The lowest BCUT2D eigenvalue weighted by Crippen LogP contribution is -2.35. The molecule has 1 N–H and O–H groups in total. The lowest BCUT2D eigenvalue weighted by atomic mass is 10.0. The Hall–Kier alpha value is -0.330. The van der Waals surface area contributed by atoms with Crippen LogP contribution in [0, 0.1) is 17.5 Å². The molecule has 1 aliphatic rings. The zero-order chi connectivity index (χ0) is 14.5. The third kappa shape index (κ3) is 3.65. The SMILES string of the molecule is CCCNC(c1ccc(F)c(F)c1F)C1CSCCS1. The highest BCUT2D eigenvalue weighted by atomic mass is 32.2. The number of halogens is 3. The summed E-state index contributed by atoms with van der Waals surface area (Å²) in [6, 6.07) is 2.10. The van der Waals surface area contributed by atoms with Crippen molar-refractivity contribution in [2.24, 2.45) is 0 Å². The fourth-order valence-electron chi connectivity index (χ4n) is 2.22. The monoisotopic (exact) mass is 321 g/mol. The topological polar surface area (TPSA) is 12.0 Å². The normalized spacial score (nSPS) is 20.9. The molecule has 6 heteroatoms. The van der Waals surface area contributed by atoms with Crippen molar-refractivity contribution in [3.8, 4) is 0 Å². The molecule has 1 fully saturated rings. The van der Waals surface area contributed by atoms with Gasteiger partial charge in [-0.25, -0.2) is 13.2 Å². The zero-order valence-electron chi connectivity index (χ0n) is 11.3. The van der Waals surface area contributed by atoms with E-state index in [0.717, 1.165) is 36.3 Å². The summed E-state index contributed by atoms with van der Waals surface area (Å²) in [7, 11) is 0. The van der Waals surface area contributed by atoms with Crippen molar-refractivity contribution in [1.82, 2.24) is 5.32 Å². The Morgan fingerprint density at radius 2 is 2.05 bits per heavy atom. The summed E-state index contributed by atoms with van der Waals surface area (Å²) in [5.74, 6) is -0.586. The number of nitrogens with one attached hydrogen (secondary N) is 1. The van der Waals surface area contributed by atoms with E-state index < -0.39 is 17.5 Å². The van der Waals surface area contributed by atoms with Crippen LogP contribution in [-0.4, -0.2) is 29.1 Å². The average molecular weight is 321 g/mol. The summed E-state index contributed by atoms with van der Waals surface area (Å²) in [4.78, 5) is 0. The lowest BCUT2D eigenvalue weighted by Gasteiger charge is -2.31. The standard InChI is InChI=1S/C14H18F3NS2/c1-2-5-18-14(11-8-19-6-7-20-11)9-3-4-10(15)13(17)12(9)16/h3-4,11,14,18H,2,5-8H2,1H3. The van der Waals surface area contributed by atoms with Crippen LogP contribution in [0.4, 0.5) is 13.2 Å². The lowest BCUT2D eigenvalue weighted by molar-refractivity contribution is 0.423. The summed E-state index contributed by atoms with van der Waals surface area (Å²) < 4.78 is 40.5. The van der Waals surface area contributed by atoms with Crippen molar-refractivity contribution in [1.29, 1.82) is 0 Å². The average Bonchev–Trinajstić information content (AvgIpc) is 2.48. The zero-order valence-corrected chi connectivity index (χ0v) is 12.9. The maximum atomic E-state index is 14.0. The predicted octanol–water partition coefficient (Wildman–Crippen LogP) is 3.99. The van der Waals surface area contributed by atoms with Gasteiger partial charge in [-0.3, -0.25) is 0 Å². The predicted molar refractivity (Wildman–Crippen MR) is 80.9 cm³/mol. The molecule has 0 aromatic heterocycles.